The van der Waals surface area contributed by atoms with Crippen molar-refractivity contribution >= 4 is 5.69 Å². The molecule has 0 amide bonds. The third-order valence-corrected chi connectivity index (χ3v) is 1.99. The van der Waals surface area contributed by atoms with Crippen LogP contribution >= 0.6 is 0 Å². The van der Waals surface area contributed by atoms with E-state index in [0.29, 0.717) is 5.88 Å². The maximum atomic E-state index is 5.16. The molecule has 14 heavy (non-hydrogen) atoms. The lowest BCUT2D eigenvalue weighted by Crippen LogP contribution is -1.99. The number of aryl methyl sites for hydroxylation is 1. The molecule has 1 N–H and O–H groups in total. The summed E-state index contributed by atoms with van der Waals surface area (Å²) in [5.41, 5.74) is 1.94. The number of methoxy groups -OCH3 is 1. The van der Waals surface area contributed by atoms with Gasteiger partial charge in [-0.3, -0.25) is 0 Å². The van der Waals surface area contributed by atoms with Gasteiger partial charge in [0.1, 0.15) is 0 Å². The molecule has 0 saturated heterocycles. The SMILES string of the molecule is C=CCCc1ccc(NC)c(OC)n1. The molecule has 1 aromatic heterocycles. The molecule has 0 saturated carbocycles. The fourth-order valence-corrected chi connectivity index (χ4v) is 1.21. The Kier molecular flexibility index (Phi) is 3.98. The van der Waals surface area contributed by atoms with Crippen molar-refractivity contribution in [3.05, 3.63) is 30.5 Å². The summed E-state index contributed by atoms with van der Waals surface area (Å²) in [6.07, 6.45) is 3.74. The van der Waals surface area contributed by atoms with Gasteiger partial charge in [0, 0.05) is 12.7 Å². The van der Waals surface area contributed by atoms with Crippen molar-refractivity contribution in [3.8, 4) is 5.88 Å². The molecule has 0 fully saturated rings. The van der Waals surface area contributed by atoms with Crippen LogP contribution in [0.4, 0.5) is 5.69 Å². The summed E-state index contributed by atoms with van der Waals surface area (Å²) in [7, 11) is 3.48. The largest absolute Gasteiger partial charge is 0.480 e. The average Bonchev–Trinajstić information content (AvgIpc) is 2.25. The number of nitrogens with one attached hydrogen (secondary N) is 1. The van der Waals surface area contributed by atoms with E-state index in [9.17, 15) is 0 Å². The Bertz CT molecular complexity index is 310. The normalized spacial score (nSPS) is 9.57. The van der Waals surface area contributed by atoms with Crippen molar-refractivity contribution in [2.75, 3.05) is 19.5 Å². The number of anilines is 1. The van der Waals surface area contributed by atoms with Gasteiger partial charge in [0.25, 0.3) is 0 Å². The van der Waals surface area contributed by atoms with E-state index in [1.165, 1.54) is 0 Å². The fraction of sp³-hybridized carbons (Fsp3) is 0.364. The van der Waals surface area contributed by atoms with Crippen molar-refractivity contribution in [1.82, 2.24) is 4.98 Å². The predicted molar refractivity (Wildman–Crippen MR) is 58.9 cm³/mol. The first-order valence-electron chi connectivity index (χ1n) is 4.64. The molecule has 0 aromatic carbocycles. The second-order valence-corrected chi connectivity index (χ2v) is 2.94. The van der Waals surface area contributed by atoms with Crippen LogP contribution in [0.15, 0.2) is 24.8 Å². The highest BCUT2D eigenvalue weighted by Gasteiger charge is 2.03. The molecule has 3 heteroatoms. The number of aromatic nitrogens is 1. The molecule has 0 unspecified atom stereocenters. The van der Waals surface area contributed by atoms with Gasteiger partial charge in [0.05, 0.1) is 12.8 Å². The molecule has 0 bridgehead atoms. The van der Waals surface area contributed by atoms with Gasteiger partial charge in [-0.25, -0.2) is 4.98 Å². The lowest BCUT2D eigenvalue weighted by molar-refractivity contribution is 0.398. The highest BCUT2D eigenvalue weighted by molar-refractivity contribution is 5.52. The molecule has 0 aliphatic heterocycles. The van der Waals surface area contributed by atoms with E-state index in [1.807, 2.05) is 25.3 Å². The van der Waals surface area contributed by atoms with Crippen molar-refractivity contribution < 1.29 is 4.74 Å². The van der Waals surface area contributed by atoms with E-state index < -0.39 is 0 Å². The first-order chi connectivity index (χ1) is 6.81. The molecule has 0 aliphatic carbocycles. The third kappa shape index (κ3) is 2.49. The van der Waals surface area contributed by atoms with E-state index in [-0.39, 0.29) is 0 Å². The highest BCUT2D eigenvalue weighted by Crippen LogP contribution is 2.21. The Morgan fingerprint density at radius 3 is 2.93 bits per heavy atom. The zero-order valence-corrected chi connectivity index (χ0v) is 8.71. The van der Waals surface area contributed by atoms with Crippen molar-refractivity contribution in [1.29, 1.82) is 0 Å². The summed E-state index contributed by atoms with van der Waals surface area (Å²) >= 11 is 0. The standard InChI is InChI=1S/C11H16N2O/c1-4-5-6-9-7-8-10(12-2)11(13-9)14-3/h4,7-8,12H,1,5-6H2,2-3H3. The molecular formula is C11H16N2O. The molecule has 0 radical (unpaired) electrons. The lowest BCUT2D eigenvalue weighted by atomic mass is 10.2. The molecule has 1 heterocycles. The number of nitrogens with zero attached hydrogens (tertiary/aromatic N) is 1. The Hall–Kier alpha value is -1.51. The van der Waals surface area contributed by atoms with Gasteiger partial charge in [-0.15, -0.1) is 6.58 Å². The zero-order chi connectivity index (χ0) is 10.4. The van der Waals surface area contributed by atoms with Gasteiger partial charge in [0.2, 0.25) is 5.88 Å². The van der Waals surface area contributed by atoms with Crippen LogP contribution in [-0.4, -0.2) is 19.1 Å². The van der Waals surface area contributed by atoms with Crippen LogP contribution in [-0.2, 0) is 6.42 Å². The third-order valence-electron chi connectivity index (χ3n) is 1.99. The maximum absolute atomic E-state index is 5.16. The number of ether oxygens (including phenoxy) is 1. The summed E-state index contributed by atoms with van der Waals surface area (Å²) in [5.74, 6) is 0.647. The van der Waals surface area contributed by atoms with Crippen LogP contribution in [0, 0.1) is 0 Å². The van der Waals surface area contributed by atoms with E-state index in [2.05, 4.69) is 16.9 Å². The molecule has 3 nitrogen and oxygen atoms in total. The maximum Gasteiger partial charge on any atom is 0.237 e. The van der Waals surface area contributed by atoms with E-state index >= 15 is 0 Å². The molecule has 0 atom stereocenters. The molecule has 0 aliphatic rings. The van der Waals surface area contributed by atoms with Gasteiger partial charge in [-0.1, -0.05) is 6.08 Å². The van der Waals surface area contributed by atoms with Crippen LogP contribution in [0.25, 0.3) is 0 Å². The summed E-state index contributed by atoms with van der Waals surface area (Å²) in [6.45, 7) is 3.68. The summed E-state index contributed by atoms with van der Waals surface area (Å²) < 4.78 is 5.16. The predicted octanol–water partition coefficient (Wildman–Crippen LogP) is 2.25. The summed E-state index contributed by atoms with van der Waals surface area (Å²) in [4.78, 5) is 4.37. The fourth-order valence-electron chi connectivity index (χ4n) is 1.21. The first-order valence-corrected chi connectivity index (χ1v) is 4.64. The average molecular weight is 192 g/mol. The second kappa shape index (κ2) is 5.27. The van der Waals surface area contributed by atoms with Gasteiger partial charge >= 0.3 is 0 Å². The molecule has 1 aromatic rings. The Balaban J connectivity index is 2.83. The van der Waals surface area contributed by atoms with Crippen molar-refractivity contribution in [2.24, 2.45) is 0 Å². The second-order valence-electron chi connectivity index (χ2n) is 2.94. The number of allylic oxidation sites excluding steroid dienone is 1. The lowest BCUT2D eigenvalue weighted by Gasteiger charge is -2.08. The minimum Gasteiger partial charge on any atom is -0.480 e. The monoisotopic (exact) mass is 192 g/mol. The number of hydrogen-bond donors (Lipinski definition) is 1. The molecular weight excluding hydrogens is 176 g/mol. The van der Waals surface area contributed by atoms with E-state index in [1.54, 1.807) is 7.11 Å². The zero-order valence-electron chi connectivity index (χ0n) is 8.71. The number of rotatable bonds is 5. The van der Waals surface area contributed by atoms with Crippen LogP contribution in [0.5, 0.6) is 5.88 Å². The number of pyridine rings is 1. The molecule has 0 spiro atoms. The summed E-state index contributed by atoms with van der Waals surface area (Å²) in [5, 5.41) is 3.02. The smallest absolute Gasteiger partial charge is 0.237 e. The van der Waals surface area contributed by atoms with Gasteiger partial charge in [-0.2, -0.15) is 0 Å². The van der Waals surface area contributed by atoms with Gasteiger partial charge in [0.15, 0.2) is 0 Å². The van der Waals surface area contributed by atoms with E-state index in [0.717, 1.165) is 24.2 Å². The quantitative estimate of drug-likeness (QED) is 0.726. The Morgan fingerprint density at radius 1 is 1.57 bits per heavy atom. The van der Waals surface area contributed by atoms with Crippen molar-refractivity contribution in [2.45, 2.75) is 12.8 Å². The minimum atomic E-state index is 0.647. The van der Waals surface area contributed by atoms with E-state index in [4.69, 9.17) is 4.74 Å². The van der Waals surface area contributed by atoms with Gasteiger partial charge < -0.3 is 10.1 Å². The molecule has 1 rings (SSSR count). The highest BCUT2D eigenvalue weighted by atomic mass is 16.5. The van der Waals surface area contributed by atoms with Crippen molar-refractivity contribution in [3.63, 3.8) is 0 Å². The van der Waals surface area contributed by atoms with Crippen LogP contribution in [0.3, 0.4) is 0 Å². The Labute approximate surface area is 84.8 Å². The van der Waals surface area contributed by atoms with Crippen LogP contribution in [0.1, 0.15) is 12.1 Å². The minimum absolute atomic E-state index is 0.647. The first kappa shape index (κ1) is 10.6. The Morgan fingerprint density at radius 2 is 2.36 bits per heavy atom. The number of hydrogen-bond acceptors (Lipinski definition) is 3. The topological polar surface area (TPSA) is 34.1 Å². The molecule has 76 valence electrons. The van der Waals surface area contributed by atoms with Crippen LogP contribution in [0.2, 0.25) is 0 Å². The van der Waals surface area contributed by atoms with Crippen LogP contribution < -0.4 is 10.1 Å². The summed E-state index contributed by atoms with van der Waals surface area (Å²) in [6, 6.07) is 3.97. The van der Waals surface area contributed by atoms with Gasteiger partial charge in [-0.05, 0) is 25.0 Å².